The maximum atomic E-state index is 13.0. The van der Waals surface area contributed by atoms with Gasteiger partial charge in [-0.05, 0) is 36.4 Å². The quantitative estimate of drug-likeness (QED) is 0.383. The standard InChI is InChI=1S/C20H21Cl2N3O2S2.BrH/c1-4-25(5-2)29(26,27)19-12-14(6-11-17(19)22)18-13-28-20(24(18)3)23-16-9-7-15(21)8-10-16;/h6-13H,4-5H2,1-3H3;1H. The Morgan fingerprint density at radius 1 is 1.07 bits per heavy atom. The van der Waals surface area contributed by atoms with Crippen LogP contribution in [0.4, 0.5) is 5.69 Å². The lowest BCUT2D eigenvalue weighted by molar-refractivity contribution is 0.445. The van der Waals surface area contributed by atoms with Crippen LogP contribution in [0.5, 0.6) is 0 Å². The van der Waals surface area contributed by atoms with E-state index < -0.39 is 10.0 Å². The van der Waals surface area contributed by atoms with Crippen molar-refractivity contribution < 1.29 is 8.42 Å². The number of benzene rings is 2. The van der Waals surface area contributed by atoms with Gasteiger partial charge in [-0.2, -0.15) is 4.31 Å². The predicted octanol–water partition coefficient (Wildman–Crippen LogP) is 5.90. The lowest BCUT2D eigenvalue weighted by Crippen LogP contribution is -2.30. The van der Waals surface area contributed by atoms with E-state index in [9.17, 15) is 8.42 Å². The summed E-state index contributed by atoms with van der Waals surface area (Å²) in [5.74, 6) is 0. The van der Waals surface area contributed by atoms with Gasteiger partial charge in [0, 0.05) is 36.1 Å². The number of thiazole rings is 1. The average Bonchev–Trinajstić information content (AvgIpc) is 3.05. The van der Waals surface area contributed by atoms with Crippen molar-refractivity contribution in [1.29, 1.82) is 0 Å². The monoisotopic (exact) mass is 549 g/mol. The van der Waals surface area contributed by atoms with Crippen molar-refractivity contribution in [2.75, 3.05) is 13.1 Å². The first kappa shape index (κ1) is 25.1. The molecule has 0 fully saturated rings. The van der Waals surface area contributed by atoms with Crippen LogP contribution >= 0.6 is 51.5 Å². The molecule has 0 radical (unpaired) electrons. The molecule has 30 heavy (non-hydrogen) atoms. The number of nitrogens with zero attached hydrogens (tertiary/aromatic N) is 3. The minimum Gasteiger partial charge on any atom is -0.320 e. The lowest BCUT2D eigenvalue weighted by Gasteiger charge is -2.19. The zero-order valence-electron chi connectivity index (χ0n) is 16.7. The van der Waals surface area contributed by atoms with E-state index in [1.165, 1.54) is 15.6 Å². The van der Waals surface area contributed by atoms with Gasteiger partial charge in [0.1, 0.15) is 4.90 Å². The summed E-state index contributed by atoms with van der Waals surface area (Å²) in [6, 6.07) is 12.3. The summed E-state index contributed by atoms with van der Waals surface area (Å²) in [6.07, 6.45) is 0. The molecule has 0 bridgehead atoms. The van der Waals surface area contributed by atoms with Gasteiger partial charge in [-0.1, -0.05) is 43.1 Å². The van der Waals surface area contributed by atoms with Gasteiger partial charge >= 0.3 is 0 Å². The molecule has 0 unspecified atom stereocenters. The molecule has 0 saturated heterocycles. The van der Waals surface area contributed by atoms with Crippen molar-refractivity contribution in [3.63, 3.8) is 0 Å². The van der Waals surface area contributed by atoms with Gasteiger partial charge in [0.05, 0.1) is 16.4 Å². The van der Waals surface area contributed by atoms with E-state index in [0.717, 1.165) is 21.7 Å². The number of rotatable bonds is 6. The van der Waals surface area contributed by atoms with Crippen LogP contribution in [0.25, 0.3) is 11.3 Å². The maximum Gasteiger partial charge on any atom is 0.244 e. The molecule has 3 aromatic rings. The van der Waals surface area contributed by atoms with Crippen LogP contribution < -0.4 is 4.80 Å². The van der Waals surface area contributed by atoms with E-state index in [4.69, 9.17) is 23.2 Å². The van der Waals surface area contributed by atoms with E-state index in [0.29, 0.717) is 18.1 Å². The van der Waals surface area contributed by atoms with Crippen molar-refractivity contribution in [2.45, 2.75) is 18.7 Å². The fourth-order valence-corrected chi connectivity index (χ4v) is 5.93. The Bertz CT molecular complexity index is 1190. The maximum absolute atomic E-state index is 13.0. The second-order valence-electron chi connectivity index (χ2n) is 6.29. The second kappa shape index (κ2) is 10.4. The molecular weight excluding hydrogens is 529 g/mol. The van der Waals surface area contributed by atoms with Gasteiger partial charge in [0.25, 0.3) is 0 Å². The molecule has 0 aliphatic carbocycles. The van der Waals surface area contributed by atoms with Crippen LogP contribution in [0.2, 0.25) is 10.0 Å². The molecule has 3 rings (SSSR count). The van der Waals surface area contributed by atoms with Gasteiger partial charge in [-0.15, -0.1) is 28.3 Å². The van der Waals surface area contributed by atoms with Crippen LogP contribution in [-0.4, -0.2) is 30.4 Å². The number of sulfonamides is 1. The van der Waals surface area contributed by atoms with Crippen molar-refractivity contribution in [3.8, 4) is 11.3 Å². The zero-order valence-corrected chi connectivity index (χ0v) is 21.5. The Kier molecular flexibility index (Phi) is 8.73. The smallest absolute Gasteiger partial charge is 0.244 e. The van der Waals surface area contributed by atoms with E-state index in [1.807, 2.05) is 49.0 Å². The number of halogens is 3. The summed E-state index contributed by atoms with van der Waals surface area (Å²) in [5.41, 5.74) is 2.41. The predicted molar refractivity (Wildman–Crippen MR) is 131 cm³/mol. The van der Waals surface area contributed by atoms with Gasteiger partial charge in [0.15, 0.2) is 4.80 Å². The highest BCUT2D eigenvalue weighted by Gasteiger charge is 2.25. The van der Waals surface area contributed by atoms with Crippen molar-refractivity contribution in [3.05, 3.63) is 62.7 Å². The van der Waals surface area contributed by atoms with E-state index >= 15 is 0 Å². The number of hydrogen-bond acceptors (Lipinski definition) is 4. The first-order valence-corrected chi connectivity index (χ1v) is 12.1. The molecule has 0 amide bonds. The summed E-state index contributed by atoms with van der Waals surface area (Å²) >= 11 is 13.7. The number of aromatic nitrogens is 1. The molecule has 1 heterocycles. The Labute approximate surface area is 201 Å². The zero-order chi connectivity index (χ0) is 21.2. The van der Waals surface area contributed by atoms with Gasteiger partial charge in [-0.3, -0.25) is 0 Å². The van der Waals surface area contributed by atoms with Crippen molar-refractivity contribution >= 4 is 67.2 Å². The highest BCUT2D eigenvalue weighted by Crippen LogP contribution is 2.30. The molecule has 0 aliphatic rings. The SMILES string of the molecule is Br.CCN(CC)S(=O)(=O)c1cc(-c2csc(=Nc3ccc(Cl)cc3)n2C)ccc1Cl. The highest BCUT2D eigenvalue weighted by atomic mass is 79.9. The minimum absolute atomic E-state index is 0. The molecule has 2 aromatic carbocycles. The van der Waals surface area contributed by atoms with Crippen LogP contribution in [0.1, 0.15) is 13.8 Å². The summed E-state index contributed by atoms with van der Waals surface area (Å²) in [5, 5.41) is 2.82. The molecule has 1 aromatic heterocycles. The van der Waals surface area contributed by atoms with E-state index in [-0.39, 0.29) is 26.9 Å². The largest absolute Gasteiger partial charge is 0.320 e. The molecule has 0 spiro atoms. The normalized spacial score (nSPS) is 12.3. The third-order valence-electron chi connectivity index (χ3n) is 4.53. The fourth-order valence-electron chi connectivity index (χ4n) is 2.92. The summed E-state index contributed by atoms with van der Waals surface area (Å²) in [7, 11) is -1.76. The highest BCUT2D eigenvalue weighted by molar-refractivity contribution is 8.93. The van der Waals surface area contributed by atoms with Crippen LogP contribution in [0, 0.1) is 0 Å². The Hall–Kier alpha value is -1.16. The second-order valence-corrected chi connectivity index (χ2v) is 9.87. The molecule has 10 heteroatoms. The molecule has 162 valence electrons. The first-order chi connectivity index (χ1) is 13.8. The van der Waals surface area contributed by atoms with Crippen LogP contribution in [0.15, 0.2) is 57.7 Å². The van der Waals surface area contributed by atoms with Crippen molar-refractivity contribution in [1.82, 2.24) is 8.87 Å². The van der Waals surface area contributed by atoms with Gasteiger partial charge in [0.2, 0.25) is 10.0 Å². The third-order valence-corrected chi connectivity index (χ3v) is 8.23. The molecular formula is C20H22BrCl2N3O2S2. The van der Waals surface area contributed by atoms with Crippen molar-refractivity contribution in [2.24, 2.45) is 12.0 Å². The molecule has 5 nitrogen and oxygen atoms in total. The Morgan fingerprint density at radius 2 is 1.70 bits per heavy atom. The summed E-state index contributed by atoms with van der Waals surface area (Å²) in [6.45, 7) is 4.38. The van der Waals surface area contributed by atoms with E-state index in [1.54, 1.807) is 24.3 Å². The van der Waals surface area contributed by atoms with Crippen LogP contribution in [-0.2, 0) is 17.1 Å². The molecule has 0 aliphatic heterocycles. The summed E-state index contributed by atoms with van der Waals surface area (Å²) in [4.78, 5) is 5.54. The Morgan fingerprint density at radius 3 is 2.30 bits per heavy atom. The third kappa shape index (κ3) is 5.18. The Balaban J connectivity index is 0.00000320. The van der Waals surface area contributed by atoms with Gasteiger partial charge < -0.3 is 4.57 Å². The molecule has 0 atom stereocenters. The number of hydrogen-bond donors (Lipinski definition) is 0. The fraction of sp³-hybridized carbons (Fsp3) is 0.250. The van der Waals surface area contributed by atoms with Crippen LogP contribution in [0.3, 0.4) is 0 Å². The minimum atomic E-state index is -3.66. The average molecular weight is 551 g/mol. The molecule has 0 N–H and O–H groups in total. The lowest BCUT2D eigenvalue weighted by atomic mass is 10.2. The van der Waals surface area contributed by atoms with E-state index in [2.05, 4.69) is 4.99 Å². The topological polar surface area (TPSA) is 54.7 Å². The summed E-state index contributed by atoms with van der Waals surface area (Å²) < 4.78 is 29.3. The van der Waals surface area contributed by atoms with Gasteiger partial charge in [-0.25, -0.2) is 13.4 Å². The molecule has 0 saturated carbocycles. The first-order valence-electron chi connectivity index (χ1n) is 9.02.